The molecule has 0 heterocycles. The lowest BCUT2D eigenvalue weighted by Gasteiger charge is -2.10. The Balaban J connectivity index is 3.17. The minimum atomic E-state index is -2.17. The second kappa shape index (κ2) is 9.87. The zero-order chi connectivity index (χ0) is 12.4. The van der Waals surface area contributed by atoms with E-state index in [-0.39, 0.29) is 17.8 Å². The summed E-state index contributed by atoms with van der Waals surface area (Å²) in [7, 11) is 0. The fourth-order valence-electron chi connectivity index (χ4n) is 1.27. The minimum absolute atomic E-state index is 0.0109. The van der Waals surface area contributed by atoms with Gasteiger partial charge in [0, 0.05) is 13.3 Å². The van der Waals surface area contributed by atoms with Crippen molar-refractivity contribution in [3.8, 4) is 0 Å². The highest BCUT2D eigenvalue weighted by molar-refractivity contribution is 7.99. The topological polar surface area (TPSA) is 26.3 Å². The van der Waals surface area contributed by atoms with Gasteiger partial charge in [-0.15, -0.1) is 11.8 Å². The first kappa shape index (κ1) is 15.7. The average Bonchev–Trinajstić information content (AvgIpc) is 2.14. The summed E-state index contributed by atoms with van der Waals surface area (Å²) in [5, 5.41) is 0. The molecule has 1 atom stereocenters. The van der Waals surface area contributed by atoms with Gasteiger partial charge < -0.3 is 4.74 Å². The molecule has 16 heavy (non-hydrogen) atoms. The van der Waals surface area contributed by atoms with E-state index in [1.54, 1.807) is 11.8 Å². The van der Waals surface area contributed by atoms with Crippen molar-refractivity contribution in [1.82, 2.24) is 0 Å². The molecule has 0 saturated heterocycles. The Morgan fingerprint density at radius 2 is 1.88 bits per heavy atom. The second-order valence-electron chi connectivity index (χ2n) is 3.64. The maximum absolute atomic E-state index is 11.8. The standard InChI is InChI=1S/C11H20F2O2S/c1-9(14)15-10(2)16-8-6-4-3-5-7-11(12)13/h10-11H,3-8H2,1-2H3. The molecule has 0 aromatic heterocycles. The van der Waals surface area contributed by atoms with Crippen LogP contribution in [-0.2, 0) is 9.53 Å². The van der Waals surface area contributed by atoms with Crippen LogP contribution < -0.4 is 0 Å². The van der Waals surface area contributed by atoms with Crippen LogP contribution in [0.1, 0.15) is 46.0 Å². The Bertz CT molecular complexity index is 189. The van der Waals surface area contributed by atoms with E-state index in [2.05, 4.69) is 0 Å². The highest BCUT2D eigenvalue weighted by Crippen LogP contribution is 2.16. The van der Waals surface area contributed by atoms with Crippen LogP contribution in [0, 0.1) is 0 Å². The molecule has 0 bridgehead atoms. The first-order valence-corrected chi connectivity index (χ1v) is 6.64. The molecule has 0 aliphatic rings. The van der Waals surface area contributed by atoms with Crippen molar-refractivity contribution in [3.63, 3.8) is 0 Å². The molecular formula is C11H20F2O2S. The third-order valence-corrected chi connectivity index (χ3v) is 3.09. The van der Waals surface area contributed by atoms with Crippen LogP contribution in [0.4, 0.5) is 8.78 Å². The van der Waals surface area contributed by atoms with Gasteiger partial charge >= 0.3 is 5.97 Å². The fraction of sp³-hybridized carbons (Fsp3) is 0.909. The SMILES string of the molecule is CC(=O)OC(C)SCCCCCCC(F)F. The molecule has 0 N–H and O–H groups in total. The summed E-state index contributed by atoms with van der Waals surface area (Å²) in [5.74, 6) is 0.639. The number of halogens is 2. The molecule has 0 aliphatic carbocycles. The van der Waals surface area contributed by atoms with Crippen LogP contribution in [-0.4, -0.2) is 23.6 Å². The zero-order valence-electron chi connectivity index (χ0n) is 9.88. The molecule has 2 nitrogen and oxygen atoms in total. The van der Waals surface area contributed by atoms with Crippen molar-refractivity contribution in [3.05, 3.63) is 0 Å². The van der Waals surface area contributed by atoms with E-state index >= 15 is 0 Å². The molecule has 0 aromatic carbocycles. The molecule has 0 spiro atoms. The molecular weight excluding hydrogens is 234 g/mol. The van der Waals surface area contributed by atoms with Crippen LogP contribution in [0.5, 0.6) is 0 Å². The highest BCUT2D eigenvalue weighted by atomic mass is 32.2. The number of thioether (sulfide) groups is 1. The first-order chi connectivity index (χ1) is 7.52. The maximum atomic E-state index is 11.8. The van der Waals surface area contributed by atoms with Gasteiger partial charge in [0.1, 0.15) is 5.44 Å². The van der Waals surface area contributed by atoms with Crippen LogP contribution in [0.25, 0.3) is 0 Å². The summed E-state index contributed by atoms with van der Waals surface area (Å²) in [6.45, 7) is 3.23. The molecule has 0 radical (unpaired) electrons. The lowest BCUT2D eigenvalue weighted by Crippen LogP contribution is -2.08. The third kappa shape index (κ3) is 11.8. The van der Waals surface area contributed by atoms with Crippen LogP contribution in [0.2, 0.25) is 0 Å². The summed E-state index contributed by atoms with van der Waals surface area (Å²) >= 11 is 1.58. The monoisotopic (exact) mass is 254 g/mol. The molecule has 96 valence electrons. The number of hydrogen-bond acceptors (Lipinski definition) is 3. The lowest BCUT2D eigenvalue weighted by atomic mass is 10.2. The number of hydrogen-bond donors (Lipinski definition) is 0. The molecule has 0 fully saturated rings. The summed E-state index contributed by atoms with van der Waals surface area (Å²) in [5.41, 5.74) is -0.112. The van der Waals surface area contributed by atoms with Gasteiger partial charge in [-0.25, -0.2) is 8.78 Å². The number of alkyl halides is 2. The quantitative estimate of drug-likeness (QED) is 0.355. The van der Waals surface area contributed by atoms with Crippen molar-refractivity contribution >= 4 is 17.7 Å². The van der Waals surface area contributed by atoms with Crippen molar-refractivity contribution < 1.29 is 18.3 Å². The molecule has 0 aliphatic heterocycles. The Hall–Kier alpha value is -0.320. The maximum Gasteiger partial charge on any atom is 0.303 e. The van der Waals surface area contributed by atoms with E-state index in [1.807, 2.05) is 6.92 Å². The van der Waals surface area contributed by atoms with Gasteiger partial charge in [0.25, 0.3) is 0 Å². The minimum Gasteiger partial charge on any atom is -0.452 e. The Labute approximate surface area is 100 Å². The average molecular weight is 254 g/mol. The van der Waals surface area contributed by atoms with Gasteiger partial charge in [-0.3, -0.25) is 4.79 Å². The van der Waals surface area contributed by atoms with Gasteiger partial charge in [-0.1, -0.05) is 12.8 Å². The Morgan fingerprint density at radius 3 is 2.44 bits per heavy atom. The van der Waals surface area contributed by atoms with E-state index in [1.165, 1.54) is 6.92 Å². The number of rotatable bonds is 9. The van der Waals surface area contributed by atoms with E-state index in [0.29, 0.717) is 6.42 Å². The Morgan fingerprint density at radius 1 is 1.25 bits per heavy atom. The van der Waals surface area contributed by atoms with Gasteiger partial charge in [-0.2, -0.15) is 0 Å². The second-order valence-corrected chi connectivity index (χ2v) is 5.05. The van der Waals surface area contributed by atoms with E-state index in [0.717, 1.165) is 25.0 Å². The van der Waals surface area contributed by atoms with E-state index < -0.39 is 6.43 Å². The summed E-state index contributed by atoms with van der Waals surface area (Å²) in [6.07, 6.45) is 1.25. The molecule has 0 saturated carbocycles. The highest BCUT2D eigenvalue weighted by Gasteiger charge is 2.05. The van der Waals surface area contributed by atoms with Crippen molar-refractivity contribution in [2.75, 3.05) is 5.75 Å². The Kier molecular flexibility index (Phi) is 9.68. The smallest absolute Gasteiger partial charge is 0.303 e. The van der Waals surface area contributed by atoms with E-state index in [4.69, 9.17) is 4.74 Å². The summed E-state index contributed by atoms with van der Waals surface area (Å²) < 4.78 is 28.5. The predicted molar refractivity (Wildman–Crippen MR) is 62.8 cm³/mol. The number of unbranched alkanes of at least 4 members (excludes halogenated alkanes) is 3. The van der Waals surface area contributed by atoms with Crippen LogP contribution in [0.3, 0.4) is 0 Å². The van der Waals surface area contributed by atoms with Crippen LogP contribution in [0.15, 0.2) is 0 Å². The molecule has 0 amide bonds. The van der Waals surface area contributed by atoms with Gasteiger partial charge in [-0.05, 0) is 25.5 Å². The number of ether oxygens (including phenoxy) is 1. The predicted octanol–water partition coefficient (Wildman–Crippen LogP) is 3.84. The zero-order valence-corrected chi connectivity index (χ0v) is 10.7. The molecule has 0 aromatic rings. The summed E-state index contributed by atoms with van der Waals surface area (Å²) in [6, 6.07) is 0. The number of carbonyl (C=O) groups excluding carboxylic acids is 1. The number of carbonyl (C=O) groups is 1. The third-order valence-electron chi connectivity index (χ3n) is 2.00. The lowest BCUT2D eigenvalue weighted by molar-refractivity contribution is -0.141. The molecule has 1 unspecified atom stereocenters. The van der Waals surface area contributed by atoms with Crippen molar-refractivity contribution in [1.29, 1.82) is 0 Å². The number of esters is 1. The van der Waals surface area contributed by atoms with Gasteiger partial charge in [0.15, 0.2) is 0 Å². The van der Waals surface area contributed by atoms with Crippen LogP contribution >= 0.6 is 11.8 Å². The molecule has 0 rings (SSSR count). The van der Waals surface area contributed by atoms with E-state index in [9.17, 15) is 13.6 Å². The van der Waals surface area contributed by atoms with Gasteiger partial charge in [0.2, 0.25) is 6.43 Å². The van der Waals surface area contributed by atoms with Crippen molar-refractivity contribution in [2.24, 2.45) is 0 Å². The summed E-state index contributed by atoms with van der Waals surface area (Å²) in [4.78, 5) is 10.6. The normalized spacial score (nSPS) is 12.8. The largest absolute Gasteiger partial charge is 0.452 e. The van der Waals surface area contributed by atoms with Crippen molar-refractivity contribution in [2.45, 2.75) is 57.8 Å². The first-order valence-electron chi connectivity index (χ1n) is 5.59. The fourth-order valence-corrected chi connectivity index (χ4v) is 2.18. The molecule has 5 heteroatoms. The van der Waals surface area contributed by atoms with Gasteiger partial charge in [0.05, 0.1) is 0 Å².